The van der Waals surface area contributed by atoms with E-state index in [-0.39, 0.29) is 12.6 Å². The van der Waals surface area contributed by atoms with Crippen molar-refractivity contribution in [2.24, 2.45) is 0 Å². The maximum Gasteiger partial charge on any atom is 0.118 e. The van der Waals surface area contributed by atoms with Crippen molar-refractivity contribution in [3.8, 4) is 0 Å². The van der Waals surface area contributed by atoms with Gasteiger partial charge in [-0.15, -0.1) is 0 Å². The van der Waals surface area contributed by atoms with Gasteiger partial charge in [-0.2, -0.15) is 0 Å². The Balaban J connectivity index is 2.27. The predicted octanol–water partition coefficient (Wildman–Crippen LogP) is -0.568. The van der Waals surface area contributed by atoms with E-state index in [9.17, 15) is 4.55 Å². The second kappa shape index (κ2) is 4.30. The third kappa shape index (κ3) is 2.63. The molecule has 1 aliphatic rings. The lowest BCUT2D eigenvalue weighted by Crippen LogP contribution is -2.46. The van der Waals surface area contributed by atoms with Crippen LogP contribution in [-0.2, 0) is 11.2 Å². The lowest BCUT2D eigenvalue weighted by Gasteiger charge is -2.31. The van der Waals surface area contributed by atoms with E-state index < -0.39 is 11.2 Å². The Morgan fingerprint density at radius 2 is 2.09 bits per heavy atom. The molecule has 1 N–H and O–H groups in total. The molecule has 0 radical (unpaired) electrons. The van der Waals surface area contributed by atoms with Crippen LogP contribution in [0.3, 0.4) is 0 Å². The van der Waals surface area contributed by atoms with Crippen LogP contribution in [0.2, 0.25) is 0 Å². The normalized spacial score (nSPS) is 25.4. The van der Waals surface area contributed by atoms with E-state index in [0.29, 0.717) is 0 Å². The molecule has 0 spiro atoms. The molecule has 0 aliphatic carbocycles. The van der Waals surface area contributed by atoms with Gasteiger partial charge < -0.3 is 9.66 Å². The number of nitrogens with zero attached hydrogens (tertiary/aromatic N) is 1. The molecule has 0 bridgehead atoms. The number of aliphatic hydroxyl groups excluding tert-OH is 1. The molecule has 0 amide bonds. The number of hydrogen-bond donors (Lipinski definition) is 1. The molecule has 1 rings (SSSR count). The fraction of sp³-hybridized carbons (Fsp3) is 1.00. The van der Waals surface area contributed by atoms with Crippen molar-refractivity contribution in [1.82, 2.24) is 4.90 Å². The summed E-state index contributed by atoms with van der Waals surface area (Å²) in [6.07, 6.45) is 0. The highest BCUT2D eigenvalue weighted by Crippen LogP contribution is 2.06. The lowest BCUT2D eigenvalue weighted by atomic mass is 10.3. The maximum absolute atomic E-state index is 10.9. The molecule has 0 aromatic heterocycles. The van der Waals surface area contributed by atoms with E-state index in [0.717, 1.165) is 24.6 Å². The Morgan fingerprint density at radius 3 is 2.55 bits per heavy atom. The highest BCUT2D eigenvalue weighted by atomic mass is 32.2. The summed E-state index contributed by atoms with van der Waals surface area (Å²) in [6, 6.07) is 0.229. The smallest absolute Gasteiger partial charge is 0.118 e. The van der Waals surface area contributed by atoms with Crippen LogP contribution in [0.25, 0.3) is 0 Å². The molecule has 1 unspecified atom stereocenters. The average Bonchev–Trinajstić information content (AvgIpc) is 2.05. The minimum Gasteiger partial charge on any atom is -0.616 e. The van der Waals surface area contributed by atoms with Crippen LogP contribution in [0.5, 0.6) is 0 Å². The van der Waals surface area contributed by atoms with Crippen molar-refractivity contribution in [3.05, 3.63) is 0 Å². The SMILES string of the molecule is CC(CO)N1CC[S+]([O-])CC1. The van der Waals surface area contributed by atoms with E-state index in [1.807, 2.05) is 6.92 Å². The summed E-state index contributed by atoms with van der Waals surface area (Å²) >= 11 is -0.603. The Hall–Kier alpha value is 0.230. The van der Waals surface area contributed by atoms with Crippen LogP contribution in [0.15, 0.2) is 0 Å². The molecule has 66 valence electrons. The fourth-order valence-electron chi connectivity index (χ4n) is 1.21. The summed E-state index contributed by atoms with van der Waals surface area (Å²) in [5.41, 5.74) is 0. The predicted molar refractivity (Wildman–Crippen MR) is 46.0 cm³/mol. The van der Waals surface area contributed by atoms with Gasteiger partial charge in [0.2, 0.25) is 0 Å². The van der Waals surface area contributed by atoms with Gasteiger partial charge in [0, 0.05) is 19.1 Å². The average molecular weight is 177 g/mol. The topological polar surface area (TPSA) is 46.5 Å². The third-order valence-corrected chi connectivity index (χ3v) is 3.38. The van der Waals surface area contributed by atoms with Gasteiger partial charge in [-0.05, 0) is 6.92 Å². The first-order valence-corrected chi connectivity index (χ1v) is 5.42. The van der Waals surface area contributed by atoms with Crippen molar-refractivity contribution in [2.45, 2.75) is 13.0 Å². The largest absolute Gasteiger partial charge is 0.616 e. The minimum absolute atomic E-state index is 0.201. The molecule has 1 saturated heterocycles. The van der Waals surface area contributed by atoms with E-state index in [1.54, 1.807) is 0 Å². The third-order valence-electron chi connectivity index (χ3n) is 2.10. The molecule has 0 aromatic rings. The van der Waals surface area contributed by atoms with Gasteiger partial charge in [-0.3, -0.25) is 4.90 Å². The summed E-state index contributed by atoms with van der Waals surface area (Å²) in [6.45, 7) is 3.93. The van der Waals surface area contributed by atoms with Crippen LogP contribution in [0, 0.1) is 0 Å². The highest BCUT2D eigenvalue weighted by molar-refractivity contribution is 7.91. The van der Waals surface area contributed by atoms with Gasteiger partial charge in [0.25, 0.3) is 0 Å². The summed E-state index contributed by atoms with van der Waals surface area (Å²) in [5.74, 6) is 1.54. The molecular weight excluding hydrogens is 162 g/mol. The van der Waals surface area contributed by atoms with E-state index in [1.165, 1.54) is 0 Å². The minimum atomic E-state index is -0.603. The van der Waals surface area contributed by atoms with Gasteiger partial charge in [-0.1, -0.05) is 11.2 Å². The molecule has 0 aromatic carbocycles. The van der Waals surface area contributed by atoms with E-state index >= 15 is 0 Å². The Morgan fingerprint density at radius 1 is 1.55 bits per heavy atom. The Labute approximate surface area is 70.6 Å². The summed E-state index contributed by atoms with van der Waals surface area (Å²) in [5, 5.41) is 8.84. The standard InChI is InChI=1S/C7H15NO2S/c1-7(6-9)8-2-4-11(10)5-3-8/h7,9H,2-6H2,1H3. The molecule has 11 heavy (non-hydrogen) atoms. The van der Waals surface area contributed by atoms with Crippen LogP contribution in [-0.4, -0.2) is 51.8 Å². The van der Waals surface area contributed by atoms with Gasteiger partial charge in [0.1, 0.15) is 11.5 Å². The summed E-state index contributed by atoms with van der Waals surface area (Å²) in [4.78, 5) is 2.18. The molecule has 1 atom stereocenters. The number of aliphatic hydroxyl groups is 1. The number of rotatable bonds is 2. The van der Waals surface area contributed by atoms with Crippen molar-refractivity contribution in [3.63, 3.8) is 0 Å². The van der Waals surface area contributed by atoms with Crippen molar-refractivity contribution in [2.75, 3.05) is 31.2 Å². The van der Waals surface area contributed by atoms with Crippen LogP contribution < -0.4 is 0 Å². The van der Waals surface area contributed by atoms with E-state index in [2.05, 4.69) is 4.90 Å². The second-order valence-electron chi connectivity index (χ2n) is 2.92. The molecular formula is C7H15NO2S. The molecule has 3 nitrogen and oxygen atoms in total. The lowest BCUT2D eigenvalue weighted by molar-refractivity contribution is 0.143. The Kier molecular flexibility index (Phi) is 3.65. The summed E-state index contributed by atoms with van der Waals surface area (Å²) in [7, 11) is 0. The molecule has 4 heteroatoms. The van der Waals surface area contributed by atoms with Crippen molar-refractivity contribution in [1.29, 1.82) is 0 Å². The maximum atomic E-state index is 10.9. The summed E-state index contributed by atoms with van der Waals surface area (Å²) < 4.78 is 10.9. The quantitative estimate of drug-likeness (QED) is 0.575. The van der Waals surface area contributed by atoms with Gasteiger partial charge in [0.05, 0.1) is 6.61 Å². The van der Waals surface area contributed by atoms with Crippen LogP contribution in [0.4, 0.5) is 0 Å². The molecule has 0 saturated carbocycles. The second-order valence-corrected chi connectivity index (χ2v) is 4.61. The number of hydrogen-bond acceptors (Lipinski definition) is 3. The van der Waals surface area contributed by atoms with Gasteiger partial charge >= 0.3 is 0 Å². The Bertz CT molecular complexity index is 115. The van der Waals surface area contributed by atoms with Gasteiger partial charge in [-0.25, -0.2) is 0 Å². The highest BCUT2D eigenvalue weighted by Gasteiger charge is 2.22. The monoisotopic (exact) mass is 177 g/mol. The zero-order chi connectivity index (χ0) is 8.27. The zero-order valence-electron chi connectivity index (χ0n) is 6.82. The van der Waals surface area contributed by atoms with Crippen molar-refractivity contribution < 1.29 is 9.66 Å². The zero-order valence-corrected chi connectivity index (χ0v) is 7.64. The molecule has 1 fully saturated rings. The van der Waals surface area contributed by atoms with E-state index in [4.69, 9.17) is 5.11 Å². The van der Waals surface area contributed by atoms with Crippen molar-refractivity contribution >= 4 is 11.2 Å². The fourth-order valence-corrected chi connectivity index (χ4v) is 2.29. The first-order valence-electron chi connectivity index (χ1n) is 3.94. The first kappa shape index (κ1) is 9.32. The first-order chi connectivity index (χ1) is 5.24. The van der Waals surface area contributed by atoms with Crippen LogP contribution in [0.1, 0.15) is 6.92 Å². The molecule has 1 heterocycles. The van der Waals surface area contributed by atoms with Crippen LogP contribution >= 0.6 is 0 Å². The molecule has 1 aliphatic heterocycles. The van der Waals surface area contributed by atoms with Gasteiger partial charge in [0.15, 0.2) is 0 Å².